The summed E-state index contributed by atoms with van der Waals surface area (Å²) in [7, 11) is 0. The molecule has 6 heteroatoms. The van der Waals surface area contributed by atoms with E-state index in [1.807, 2.05) is 77.8 Å². The highest BCUT2D eigenvalue weighted by atomic mass is 32.2. The summed E-state index contributed by atoms with van der Waals surface area (Å²) in [6.07, 6.45) is 2.64. The van der Waals surface area contributed by atoms with Crippen LogP contribution in [0.25, 0.3) is 6.08 Å². The van der Waals surface area contributed by atoms with Crippen LogP contribution in [0.3, 0.4) is 0 Å². The van der Waals surface area contributed by atoms with E-state index >= 15 is 0 Å². The number of nitrogens with one attached hydrogen (secondary N) is 1. The van der Waals surface area contributed by atoms with E-state index in [0.717, 1.165) is 34.6 Å². The maximum atomic E-state index is 12.9. The zero-order chi connectivity index (χ0) is 20.8. The normalized spacial score (nSPS) is 25.1. The topological polar surface area (TPSA) is 53.9 Å². The molecule has 0 aliphatic carbocycles. The molecule has 5 nitrogen and oxygen atoms in total. The standard InChI is InChI=1S/C25H19N3O2S/c29-24-23(15-17-9-3-1-4-10-17)31-25(26-24)28-21(19-13-7-8-14-22(19)30-25)16-20(27-28)18-11-5-2-6-12-18/h1-15,21H,16H2,(H,26,29)/b23-15+/t21-,25-/m0/s1. The largest absolute Gasteiger partial charge is 0.439 e. The van der Waals surface area contributed by atoms with Gasteiger partial charge in [-0.05, 0) is 35.0 Å². The van der Waals surface area contributed by atoms with Crippen molar-refractivity contribution in [1.29, 1.82) is 0 Å². The average molecular weight is 426 g/mol. The Morgan fingerprint density at radius 3 is 2.52 bits per heavy atom. The van der Waals surface area contributed by atoms with E-state index in [2.05, 4.69) is 23.5 Å². The Balaban J connectivity index is 1.43. The quantitative estimate of drug-likeness (QED) is 0.603. The zero-order valence-electron chi connectivity index (χ0n) is 16.6. The maximum absolute atomic E-state index is 12.9. The fourth-order valence-corrected chi connectivity index (χ4v) is 5.42. The molecule has 152 valence electrons. The number of hydrazone groups is 1. The third-order valence-electron chi connectivity index (χ3n) is 5.69. The van der Waals surface area contributed by atoms with E-state index in [1.165, 1.54) is 11.8 Å². The van der Waals surface area contributed by atoms with Gasteiger partial charge < -0.3 is 4.74 Å². The second-order valence-corrected chi connectivity index (χ2v) is 8.87. The Kier molecular flexibility index (Phi) is 4.14. The summed E-state index contributed by atoms with van der Waals surface area (Å²) in [6.45, 7) is 0. The molecule has 0 unspecified atom stereocenters. The van der Waals surface area contributed by atoms with Crippen LogP contribution >= 0.6 is 11.8 Å². The van der Waals surface area contributed by atoms with Gasteiger partial charge in [-0.25, -0.2) is 5.01 Å². The second kappa shape index (κ2) is 7.03. The molecule has 2 atom stereocenters. The molecule has 3 aromatic rings. The van der Waals surface area contributed by atoms with Crippen LogP contribution in [0.2, 0.25) is 0 Å². The number of benzene rings is 3. The van der Waals surface area contributed by atoms with E-state index in [4.69, 9.17) is 9.84 Å². The molecule has 1 fully saturated rings. The third-order valence-corrected chi connectivity index (χ3v) is 6.86. The van der Waals surface area contributed by atoms with Crippen molar-refractivity contribution in [2.24, 2.45) is 5.10 Å². The van der Waals surface area contributed by atoms with Gasteiger partial charge in [-0.3, -0.25) is 10.1 Å². The van der Waals surface area contributed by atoms with Crippen LogP contribution in [0.15, 0.2) is 94.9 Å². The third kappa shape index (κ3) is 3.02. The van der Waals surface area contributed by atoms with Crippen LogP contribution < -0.4 is 10.1 Å². The molecule has 3 aliphatic rings. The summed E-state index contributed by atoms with van der Waals surface area (Å²) in [4.78, 5) is 13.6. The molecular weight excluding hydrogens is 406 g/mol. The van der Waals surface area contributed by atoms with Gasteiger partial charge in [0.15, 0.2) is 0 Å². The van der Waals surface area contributed by atoms with Crippen molar-refractivity contribution in [2.45, 2.75) is 17.6 Å². The van der Waals surface area contributed by atoms with Crippen LogP contribution in [0.1, 0.15) is 29.2 Å². The van der Waals surface area contributed by atoms with Gasteiger partial charge in [0.05, 0.1) is 16.7 Å². The molecule has 1 N–H and O–H groups in total. The van der Waals surface area contributed by atoms with Gasteiger partial charge in [0.25, 0.3) is 5.91 Å². The molecule has 0 aromatic heterocycles. The molecule has 1 amide bonds. The SMILES string of the molecule is O=C1N[C@]2(Oc3ccccc3[C@@H]3CC(c4ccccc4)=NN32)S/C1=C/c1ccccc1. The minimum absolute atomic E-state index is 0.0102. The number of hydrogen-bond donors (Lipinski definition) is 1. The smallest absolute Gasteiger partial charge is 0.336 e. The summed E-state index contributed by atoms with van der Waals surface area (Å²) in [5.74, 6) is 0.623. The molecule has 0 saturated carbocycles. The molecule has 3 heterocycles. The van der Waals surface area contributed by atoms with Crippen molar-refractivity contribution in [3.8, 4) is 5.75 Å². The number of rotatable bonds is 2. The van der Waals surface area contributed by atoms with Crippen molar-refractivity contribution in [3.63, 3.8) is 0 Å². The number of hydrogen-bond acceptors (Lipinski definition) is 5. The minimum Gasteiger partial charge on any atom is -0.439 e. The highest BCUT2D eigenvalue weighted by molar-refractivity contribution is 8.05. The predicted molar refractivity (Wildman–Crippen MR) is 122 cm³/mol. The zero-order valence-corrected chi connectivity index (χ0v) is 17.4. The van der Waals surface area contributed by atoms with Crippen molar-refractivity contribution >= 4 is 29.5 Å². The Morgan fingerprint density at radius 2 is 1.71 bits per heavy atom. The van der Waals surface area contributed by atoms with Crippen LogP contribution in [0.5, 0.6) is 5.75 Å². The van der Waals surface area contributed by atoms with Crippen LogP contribution in [0, 0.1) is 0 Å². The fourth-order valence-electron chi connectivity index (χ4n) is 4.25. The molecule has 3 aromatic carbocycles. The van der Waals surface area contributed by atoms with E-state index in [9.17, 15) is 4.79 Å². The maximum Gasteiger partial charge on any atom is 0.336 e. The first kappa shape index (κ1) is 18.3. The van der Waals surface area contributed by atoms with E-state index in [0.29, 0.717) is 4.91 Å². The van der Waals surface area contributed by atoms with E-state index in [-0.39, 0.29) is 11.9 Å². The van der Waals surface area contributed by atoms with E-state index in [1.54, 1.807) is 0 Å². The Labute approximate surface area is 184 Å². The first-order valence-electron chi connectivity index (χ1n) is 10.2. The van der Waals surface area contributed by atoms with Gasteiger partial charge >= 0.3 is 5.18 Å². The van der Waals surface area contributed by atoms with Gasteiger partial charge in [-0.2, -0.15) is 5.10 Å². The summed E-state index contributed by atoms with van der Waals surface area (Å²) in [5, 5.41) is 8.85. The number of fused-ring (bicyclic) bond motifs is 4. The Hall–Kier alpha value is -3.51. The number of carbonyl (C=O) groups excluding carboxylic acids is 1. The molecule has 31 heavy (non-hydrogen) atoms. The van der Waals surface area contributed by atoms with Gasteiger partial charge in [-0.1, -0.05) is 78.9 Å². The van der Waals surface area contributed by atoms with Gasteiger partial charge in [0.2, 0.25) is 0 Å². The molecule has 1 spiro atoms. The van der Waals surface area contributed by atoms with Crippen molar-refractivity contribution < 1.29 is 9.53 Å². The van der Waals surface area contributed by atoms with Gasteiger partial charge in [0, 0.05) is 12.0 Å². The summed E-state index contributed by atoms with van der Waals surface area (Å²) in [6, 6.07) is 28.0. The lowest BCUT2D eigenvalue weighted by Gasteiger charge is -2.43. The highest BCUT2D eigenvalue weighted by Crippen LogP contribution is 2.53. The van der Waals surface area contributed by atoms with Crippen molar-refractivity contribution in [1.82, 2.24) is 10.3 Å². The first-order valence-corrected chi connectivity index (χ1v) is 11.0. The van der Waals surface area contributed by atoms with Crippen molar-refractivity contribution in [3.05, 3.63) is 107 Å². The van der Waals surface area contributed by atoms with E-state index < -0.39 is 5.18 Å². The molecule has 0 bridgehead atoms. The van der Waals surface area contributed by atoms with Crippen LogP contribution in [-0.4, -0.2) is 21.8 Å². The first-order chi connectivity index (χ1) is 15.2. The van der Waals surface area contributed by atoms with Gasteiger partial charge in [0.1, 0.15) is 5.75 Å². The number of carbonyl (C=O) groups is 1. The lowest BCUT2D eigenvalue weighted by Crippen LogP contribution is -2.58. The number of para-hydroxylation sites is 1. The lowest BCUT2D eigenvalue weighted by atomic mass is 9.97. The molecule has 1 saturated heterocycles. The number of amides is 1. The summed E-state index contributed by atoms with van der Waals surface area (Å²) >= 11 is 1.37. The summed E-state index contributed by atoms with van der Waals surface area (Å²) < 4.78 is 6.43. The number of nitrogens with zero attached hydrogens (tertiary/aromatic N) is 2. The fraction of sp³-hybridized carbons (Fsp3) is 0.120. The molecule has 6 rings (SSSR count). The minimum atomic E-state index is -1.10. The van der Waals surface area contributed by atoms with Crippen LogP contribution in [-0.2, 0) is 4.79 Å². The predicted octanol–water partition coefficient (Wildman–Crippen LogP) is 4.75. The average Bonchev–Trinajstić information content (AvgIpc) is 3.39. The number of ether oxygens (including phenoxy) is 1. The monoisotopic (exact) mass is 425 g/mol. The Bertz CT molecular complexity index is 1230. The lowest BCUT2D eigenvalue weighted by molar-refractivity contribution is -0.127. The van der Waals surface area contributed by atoms with Crippen molar-refractivity contribution in [2.75, 3.05) is 0 Å². The summed E-state index contributed by atoms with van der Waals surface area (Å²) in [5.41, 5.74) is 4.12. The Morgan fingerprint density at radius 1 is 1.00 bits per heavy atom. The molecule has 3 aliphatic heterocycles. The molecular formula is C25H19N3O2S. The highest BCUT2D eigenvalue weighted by Gasteiger charge is 2.57. The number of thioether (sulfide) groups is 1. The van der Waals surface area contributed by atoms with Gasteiger partial charge in [-0.15, -0.1) is 0 Å². The second-order valence-electron chi connectivity index (χ2n) is 7.67. The van der Waals surface area contributed by atoms with Crippen LogP contribution in [0.4, 0.5) is 0 Å². The molecule has 0 radical (unpaired) electrons.